The summed E-state index contributed by atoms with van der Waals surface area (Å²) in [6, 6.07) is 9.10. The van der Waals surface area contributed by atoms with E-state index in [0.29, 0.717) is 22.5 Å². The number of amides is 4. The van der Waals surface area contributed by atoms with Crippen molar-refractivity contribution in [2.45, 2.75) is 22.6 Å². The van der Waals surface area contributed by atoms with Gasteiger partial charge in [-0.2, -0.15) is 0 Å². The third-order valence-electron chi connectivity index (χ3n) is 10.3. The molecule has 8 atom stereocenters. The van der Waals surface area contributed by atoms with Crippen LogP contribution in [0.2, 0.25) is 0 Å². The number of imide groups is 2. The molecule has 2 aromatic carbocycles. The molecular weight excluding hydrogens is 516 g/mol. The monoisotopic (exact) mass is 538 g/mol. The molecule has 2 saturated carbocycles. The Morgan fingerprint density at radius 1 is 0.538 bits per heavy atom. The van der Waals surface area contributed by atoms with Crippen molar-refractivity contribution in [1.82, 2.24) is 0 Å². The SMILES string of the molecule is O=C1[C@@H]2[C@@H](C(=O)N1c1ccc3c(c1)-c1cc(N4C(=O)[C@@H]5[C@H](C4=O)[C@H]4C=C[C@H]5C4)ccc1S3(=O)=O)[C@H]1C=C[C@H]2C1. The Balaban J connectivity index is 1.13. The topological polar surface area (TPSA) is 109 Å². The molecule has 0 spiro atoms. The summed E-state index contributed by atoms with van der Waals surface area (Å²) in [5.41, 5.74) is 1.42. The number of benzene rings is 2. The molecule has 4 bridgehead atoms. The lowest BCUT2D eigenvalue weighted by molar-refractivity contribution is -0.124. The van der Waals surface area contributed by atoms with Crippen LogP contribution in [0.1, 0.15) is 12.8 Å². The van der Waals surface area contributed by atoms with Crippen molar-refractivity contribution in [3.05, 3.63) is 60.7 Å². The van der Waals surface area contributed by atoms with Gasteiger partial charge in [0, 0.05) is 11.1 Å². The van der Waals surface area contributed by atoms with Crippen LogP contribution in [0.15, 0.2) is 70.5 Å². The third kappa shape index (κ3) is 2.45. The summed E-state index contributed by atoms with van der Waals surface area (Å²) in [6.45, 7) is 0. The van der Waals surface area contributed by atoms with E-state index in [1.54, 1.807) is 12.1 Å². The van der Waals surface area contributed by atoms with Crippen molar-refractivity contribution in [1.29, 1.82) is 0 Å². The average Bonchev–Trinajstić information content (AvgIpc) is 3.77. The van der Waals surface area contributed by atoms with Crippen molar-refractivity contribution in [2.24, 2.45) is 47.3 Å². The number of hydrogen-bond acceptors (Lipinski definition) is 6. The molecule has 8 nitrogen and oxygen atoms in total. The Bertz CT molecular complexity index is 1610. The van der Waals surface area contributed by atoms with E-state index in [1.807, 2.05) is 24.3 Å². The van der Waals surface area contributed by atoms with Gasteiger partial charge in [-0.3, -0.25) is 19.2 Å². The van der Waals surface area contributed by atoms with Crippen molar-refractivity contribution in [2.75, 3.05) is 9.80 Å². The molecule has 194 valence electrons. The first-order valence-corrected chi connectivity index (χ1v) is 14.9. The Kier molecular flexibility index (Phi) is 3.85. The Morgan fingerprint density at radius 3 is 1.21 bits per heavy atom. The number of anilines is 2. The minimum absolute atomic E-state index is 0.0694. The number of sulfone groups is 1. The predicted octanol–water partition coefficient (Wildman–Crippen LogP) is 3.12. The van der Waals surface area contributed by atoms with Crippen molar-refractivity contribution >= 4 is 44.8 Å². The highest BCUT2D eigenvalue weighted by Gasteiger charge is 2.61. The van der Waals surface area contributed by atoms with Crippen LogP contribution in [-0.4, -0.2) is 32.0 Å². The maximum absolute atomic E-state index is 13.4. The van der Waals surface area contributed by atoms with Crippen LogP contribution in [0, 0.1) is 47.3 Å². The van der Waals surface area contributed by atoms with E-state index in [2.05, 4.69) is 0 Å². The first-order chi connectivity index (χ1) is 18.8. The van der Waals surface area contributed by atoms with Crippen molar-refractivity contribution in [3.8, 4) is 11.1 Å². The number of hydrogen-bond donors (Lipinski definition) is 0. The van der Waals surface area contributed by atoms with Gasteiger partial charge in [-0.25, -0.2) is 18.2 Å². The fourth-order valence-electron chi connectivity index (χ4n) is 8.64. The third-order valence-corrected chi connectivity index (χ3v) is 12.1. The van der Waals surface area contributed by atoms with Gasteiger partial charge in [-0.1, -0.05) is 24.3 Å². The molecule has 0 unspecified atom stereocenters. The van der Waals surface area contributed by atoms with Crippen LogP contribution >= 0.6 is 0 Å². The quantitative estimate of drug-likeness (QED) is 0.366. The minimum atomic E-state index is -3.84. The van der Waals surface area contributed by atoms with Gasteiger partial charge in [0.25, 0.3) is 0 Å². The zero-order valence-corrected chi connectivity index (χ0v) is 21.4. The number of allylic oxidation sites excluding steroid dienone is 4. The molecule has 0 N–H and O–H groups in total. The second kappa shape index (κ2) is 6.83. The van der Waals surface area contributed by atoms with E-state index < -0.39 is 9.84 Å². The summed E-state index contributed by atoms with van der Waals surface area (Å²) < 4.78 is 26.8. The summed E-state index contributed by atoms with van der Waals surface area (Å²) >= 11 is 0. The van der Waals surface area contributed by atoms with Gasteiger partial charge in [-0.05, 0) is 72.9 Å². The summed E-state index contributed by atoms with van der Waals surface area (Å²) in [5.74, 6) is -2.11. The van der Waals surface area contributed by atoms with E-state index in [0.717, 1.165) is 12.8 Å². The fraction of sp³-hybridized carbons (Fsp3) is 0.333. The number of carbonyl (C=O) groups excluding carboxylic acids is 4. The predicted molar refractivity (Wildman–Crippen MR) is 138 cm³/mol. The standard InChI is InChI=1S/C30H22N2O6S/c33-27-23-13-1-2-14(9-13)24(23)28(34)31(27)17-5-7-21-19(11-17)20-12-18(6-8-22(20)39(21,37)38)32-29(35)25-15-3-4-16(10-15)26(25)30(32)36/h1-8,11-16,23-26H,9-10H2/t13-,14-,15-,16-,23-,24-,25-,26+/m0/s1. The first kappa shape index (κ1) is 22.0. The molecule has 0 radical (unpaired) electrons. The van der Waals surface area contributed by atoms with Crippen LogP contribution in [-0.2, 0) is 29.0 Å². The Hall–Kier alpha value is -3.85. The fourth-order valence-corrected chi connectivity index (χ4v) is 10.3. The van der Waals surface area contributed by atoms with E-state index >= 15 is 0 Å². The highest BCUT2D eigenvalue weighted by Crippen LogP contribution is 2.56. The number of fused-ring (bicyclic) bond motifs is 13. The van der Waals surface area contributed by atoms with Gasteiger partial charge in [0.05, 0.1) is 44.8 Å². The first-order valence-electron chi connectivity index (χ1n) is 13.4. The molecule has 9 heteroatoms. The Labute approximate surface area is 223 Å². The lowest BCUT2D eigenvalue weighted by Crippen LogP contribution is -2.33. The molecule has 9 rings (SSSR count). The molecule has 3 heterocycles. The zero-order valence-electron chi connectivity index (χ0n) is 20.6. The van der Waals surface area contributed by atoms with E-state index in [4.69, 9.17) is 0 Å². The van der Waals surface area contributed by atoms with E-state index in [9.17, 15) is 27.6 Å². The maximum atomic E-state index is 13.4. The van der Waals surface area contributed by atoms with Crippen LogP contribution < -0.4 is 9.80 Å². The largest absolute Gasteiger partial charge is 0.274 e. The lowest BCUT2D eigenvalue weighted by Gasteiger charge is -2.19. The highest BCUT2D eigenvalue weighted by molar-refractivity contribution is 7.92. The number of nitrogens with zero attached hydrogens (tertiary/aromatic N) is 2. The van der Waals surface area contributed by atoms with Crippen molar-refractivity contribution in [3.63, 3.8) is 0 Å². The molecule has 4 aliphatic carbocycles. The second-order valence-electron chi connectivity index (χ2n) is 11.9. The van der Waals surface area contributed by atoms with Crippen LogP contribution in [0.25, 0.3) is 11.1 Å². The number of rotatable bonds is 2. The van der Waals surface area contributed by atoms with Gasteiger partial charge >= 0.3 is 0 Å². The van der Waals surface area contributed by atoms with Gasteiger partial charge in [-0.15, -0.1) is 0 Å². The van der Waals surface area contributed by atoms with Gasteiger partial charge < -0.3 is 0 Å². The molecule has 4 amide bonds. The smallest absolute Gasteiger partial charge is 0.238 e. The molecule has 0 aromatic heterocycles. The van der Waals surface area contributed by atoms with Crippen molar-refractivity contribution < 1.29 is 27.6 Å². The summed E-state index contributed by atoms with van der Waals surface area (Å²) in [4.78, 5) is 56.1. The molecule has 2 saturated heterocycles. The number of carbonyl (C=O) groups is 4. The van der Waals surface area contributed by atoms with E-state index in [1.165, 1.54) is 34.1 Å². The van der Waals surface area contributed by atoms with Gasteiger partial charge in [0.2, 0.25) is 33.5 Å². The van der Waals surface area contributed by atoms with Gasteiger partial charge in [0.1, 0.15) is 0 Å². The van der Waals surface area contributed by atoms with Crippen LogP contribution in [0.5, 0.6) is 0 Å². The molecular formula is C30H22N2O6S. The van der Waals surface area contributed by atoms with Crippen LogP contribution in [0.4, 0.5) is 11.4 Å². The maximum Gasteiger partial charge on any atom is 0.238 e. The summed E-state index contributed by atoms with van der Waals surface area (Å²) in [7, 11) is -3.84. The lowest BCUT2D eigenvalue weighted by atomic mass is 9.85. The molecule has 4 fully saturated rings. The summed E-state index contributed by atoms with van der Waals surface area (Å²) in [5, 5.41) is 0. The molecule has 39 heavy (non-hydrogen) atoms. The average molecular weight is 539 g/mol. The molecule has 3 aliphatic heterocycles. The van der Waals surface area contributed by atoms with E-state index in [-0.39, 0.29) is 80.8 Å². The zero-order chi connectivity index (χ0) is 26.5. The summed E-state index contributed by atoms with van der Waals surface area (Å²) in [6.07, 6.45) is 9.78. The van der Waals surface area contributed by atoms with Gasteiger partial charge in [0.15, 0.2) is 0 Å². The highest BCUT2D eigenvalue weighted by atomic mass is 32.2. The Morgan fingerprint density at radius 2 is 0.872 bits per heavy atom. The van der Waals surface area contributed by atoms with Crippen LogP contribution in [0.3, 0.4) is 0 Å². The minimum Gasteiger partial charge on any atom is -0.274 e. The second-order valence-corrected chi connectivity index (χ2v) is 13.8. The normalized spacial score (nSPS) is 37.3. The molecule has 2 aromatic rings. The molecule has 7 aliphatic rings.